The molecule has 0 radical (unpaired) electrons. The van der Waals surface area contributed by atoms with Gasteiger partial charge in [0.05, 0.1) is 17.3 Å². The minimum Gasteiger partial charge on any atom is -0.497 e. The predicted octanol–water partition coefficient (Wildman–Crippen LogP) is 3.05. The first-order valence-electron chi connectivity index (χ1n) is 7.14. The lowest BCUT2D eigenvalue weighted by molar-refractivity contribution is -0.120. The number of nitrogens with zero attached hydrogens (tertiary/aromatic N) is 1. The summed E-state index contributed by atoms with van der Waals surface area (Å²) in [6.45, 7) is 3.01. The van der Waals surface area contributed by atoms with Crippen LogP contribution in [0.15, 0.2) is 18.2 Å². The van der Waals surface area contributed by atoms with Crippen LogP contribution in [-0.2, 0) is 4.79 Å². The van der Waals surface area contributed by atoms with E-state index in [1.54, 1.807) is 7.11 Å². The van der Waals surface area contributed by atoms with Crippen molar-refractivity contribution in [2.45, 2.75) is 25.8 Å². The Balaban J connectivity index is 0.00000176. The molecule has 2 N–H and O–H groups in total. The number of nitrogens with one attached hydrogen (secondary N) is 2. The molecule has 2 heterocycles. The second-order valence-corrected chi connectivity index (χ2v) is 6.45. The number of thiazole rings is 1. The predicted molar refractivity (Wildman–Crippen MR) is 92.2 cm³/mol. The Bertz CT molecular complexity index is 661. The van der Waals surface area contributed by atoms with Gasteiger partial charge in [0.2, 0.25) is 5.91 Å². The second-order valence-electron chi connectivity index (χ2n) is 5.42. The molecule has 0 unspecified atom stereocenters. The van der Waals surface area contributed by atoms with Crippen molar-refractivity contribution in [3.05, 3.63) is 18.2 Å². The molecule has 3 rings (SSSR count). The van der Waals surface area contributed by atoms with E-state index < -0.39 is 0 Å². The third-order valence-electron chi connectivity index (χ3n) is 3.82. The van der Waals surface area contributed by atoms with Crippen LogP contribution >= 0.6 is 23.7 Å². The van der Waals surface area contributed by atoms with Crippen molar-refractivity contribution in [1.82, 2.24) is 10.3 Å². The number of halogens is 1. The Morgan fingerprint density at radius 2 is 2.32 bits per heavy atom. The lowest BCUT2D eigenvalue weighted by atomic mass is 9.93. The van der Waals surface area contributed by atoms with Crippen LogP contribution < -0.4 is 15.4 Å². The molecule has 1 saturated heterocycles. The molecule has 1 aromatic heterocycles. The first-order chi connectivity index (χ1) is 10.2. The Hall–Kier alpha value is -1.37. The van der Waals surface area contributed by atoms with E-state index in [1.807, 2.05) is 18.2 Å². The zero-order valence-electron chi connectivity index (χ0n) is 12.6. The molecule has 120 valence electrons. The maximum atomic E-state index is 12.3. The normalized spacial score (nSPS) is 21.2. The number of fused-ring (bicyclic) bond motifs is 1. The number of carbonyl (C=O) groups is 1. The van der Waals surface area contributed by atoms with Gasteiger partial charge in [-0.3, -0.25) is 4.79 Å². The third kappa shape index (κ3) is 3.69. The Morgan fingerprint density at radius 3 is 3.05 bits per heavy atom. The van der Waals surface area contributed by atoms with Gasteiger partial charge in [-0.25, -0.2) is 4.98 Å². The summed E-state index contributed by atoms with van der Waals surface area (Å²) in [5.41, 5.74) is 0.884. The lowest BCUT2D eigenvalue weighted by Gasteiger charge is -2.26. The fraction of sp³-hybridized carbons (Fsp3) is 0.467. The van der Waals surface area contributed by atoms with E-state index in [1.165, 1.54) is 11.3 Å². The van der Waals surface area contributed by atoms with Crippen molar-refractivity contribution in [3.63, 3.8) is 0 Å². The van der Waals surface area contributed by atoms with Gasteiger partial charge >= 0.3 is 0 Å². The van der Waals surface area contributed by atoms with Crippen LogP contribution in [0, 0.1) is 5.92 Å². The van der Waals surface area contributed by atoms with E-state index in [4.69, 9.17) is 4.74 Å². The van der Waals surface area contributed by atoms with Crippen LogP contribution in [0.5, 0.6) is 5.75 Å². The van der Waals surface area contributed by atoms with E-state index >= 15 is 0 Å². The van der Waals surface area contributed by atoms with Crippen molar-refractivity contribution in [3.8, 4) is 5.75 Å². The van der Waals surface area contributed by atoms with E-state index in [-0.39, 0.29) is 24.2 Å². The standard InChI is InChI=1S/C15H19N3O2S.ClH/c1-9-7-10(5-6-16-9)14(19)18-15-17-12-4-3-11(20-2)8-13(12)21-15;/h3-4,8-10,16H,5-7H2,1-2H3,(H,17,18,19);1H/t9-,10-;/m0./s1. The molecule has 1 aliphatic heterocycles. The molecule has 0 bridgehead atoms. The van der Waals surface area contributed by atoms with Gasteiger partial charge in [-0.15, -0.1) is 12.4 Å². The van der Waals surface area contributed by atoms with Crippen LogP contribution in [-0.4, -0.2) is 30.6 Å². The first-order valence-corrected chi connectivity index (χ1v) is 7.96. The summed E-state index contributed by atoms with van der Waals surface area (Å²) < 4.78 is 6.22. The molecule has 1 fully saturated rings. The van der Waals surface area contributed by atoms with Crippen molar-refractivity contribution in [2.75, 3.05) is 19.0 Å². The molecule has 22 heavy (non-hydrogen) atoms. The summed E-state index contributed by atoms with van der Waals surface area (Å²) in [7, 11) is 1.64. The fourth-order valence-electron chi connectivity index (χ4n) is 2.66. The lowest BCUT2D eigenvalue weighted by Crippen LogP contribution is -2.40. The number of carbonyl (C=O) groups excluding carboxylic acids is 1. The summed E-state index contributed by atoms with van der Waals surface area (Å²) in [6.07, 6.45) is 1.76. The number of piperidine rings is 1. The number of hydrogen-bond acceptors (Lipinski definition) is 5. The molecule has 1 amide bonds. The number of rotatable bonds is 3. The van der Waals surface area contributed by atoms with Gasteiger partial charge in [-0.2, -0.15) is 0 Å². The molecule has 1 aromatic carbocycles. The van der Waals surface area contributed by atoms with Crippen LogP contribution in [0.25, 0.3) is 10.2 Å². The molecule has 2 aromatic rings. The monoisotopic (exact) mass is 341 g/mol. The van der Waals surface area contributed by atoms with Crippen molar-refractivity contribution < 1.29 is 9.53 Å². The highest BCUT2D eigenvalue weighted by Gasteiger charge is 2.25. The van der Waals surface area contributed by atoms with Gasteiger partial charge in [0.25, 0.3) is 0 Å². The largest absolute Gasteiger partial charge is 0.497 e. The number of aromatic nitrogens is 1. The Kier molecular flexibility index (Phi) is 5.61. The summed E-state index contributed by atoms with van der Waals surface area (Å²) in [6, 6.07) is 6.12. The number of benzene rings is 1. The van der Waals surface area contributed by atoms with Crippen LogP contribution in [0.2, 0.25) is 0 Å². The SMILES string of the molecule is COc1ccc2nc(NC(=O)[C@H]3CCN[C@@H](C)C3)sc2c1.Cl. The van der Waals surface area contributed by atoms with E-state index in [9.17, 15) is 4.79 Å². The number of methoxy groups -OCH3 is 1. The van der Waals surface area contributed by atoms with E-state index in [0.717, 1.165) is 35.4 Å². The Labute approximate surface area is 139 Å². The van der Waals surface area contributed by atoms with Crippen LogP contribution in [0.3, 0.4) is 0 Å². The smallest absolute Gasteiger partial charge is 0.229 e. The molecule has 0 spiro atoms. The van der Waals surface area contributed by atoms with Crippen molar-refractivity contribution in [1.29, 1.82) is 0 Å². The quantitative estimate of drug-likeness (QED) is 0.900. The maximum Gasteiger partial charge on any atom is 0.229 e. The van der Waals surface area contributed by atoms with Gasteiger partial charge in [0, 0.05) is 12.0 Å². The molecule has 0 aliphatic carbocycles. The van der Waals surface area contributed by atoms with Gasteiger partial charge in [0.1, 0.15) is 5.75 Å². The average molecular weight is 342 g/mol. The fourth-order valence-corrected chi connectivity index (χ4v) is 3.56. The number of amides is 1. The minimum atomic E-state index is 0. The maximum absolute atomic E-state index is 12.3. The molecular formula is C15H20ClN3O2S. The first kappa shape index (κ1) is 17.0. The van der Waals surface area contributed by atoms with E-state index in [2.05, 4.69) is 22.5 Å². The molecule has 1 aliphatic rings. The van der Waals surface area contributed by atoms with Crippen molar-refractivity contribution in [2.24, 2.45) is 5.92 Å². The average Bonchev–Trinajstić information content (AvgIpc) is 2.88. The highest BCUT2D eigenvalue weighted by atomic mass is 35.5. The summed E-state index contributed by atoms with van der Waals surface area (Å²) in [5.74, 6) is 0.952. The zero-order chi connectivity index (χ0) is 14.8. The molecule has 5 nitrogen and oxygen atoms in total. The van der Waals surface area contributed by atoms with E-state index in [0.29, 0.717) is 11.2 Å². The van der Waals surface area contributed by atoms with Gasteiger partial charge in [-0.1, -0.05) is 11.3 Å². The van der Waals surface area contributed by atoms with Gasteiger partial charge in [0.15, 0.2) is 5.13 Å². The molecule has 0 saturated carbocycles. The minimum absolute atomic E-state index is 0. The highest BCUT2D eigenvalue weighted by Crippen LogP contribution is 2.30. The third-order valence-corrected chi connectivity index (χ3v) is 4.75. The Morgan fingerprint density at radius 1 is 1.50 bits per heavy atom. The molecule has 2 atom stereocenters. The van der Waals surface area contributed by atoms with Crippen LogP contribution in [0.1, 0.15) is 19.8 Å². The summed E-state index contributed by atoms with van der Waals surface area (Å²) >= 11 is 1.48. The summed E-state index contributed by atoms with van der Waals surface area (Å²) in [4.78, 5) is 16.8. The van der Waals surface area contributed by atoms with Crippen LogP contribution in [0.4, 0.5) is 5.13 Å². The number of hydrogen-bond donors (Lipinski definition) is 2. The highest BCUT2D eigenvalue weighted by molar-refractivity contribution is 7.22. The number of anilines is 1. The van der Waals surface area contributed by atoms with Gasteiger partial charge in [-0.05, 0) is 44.5 Å². The van der Waals surface area contributed by atoms with Crippen molar-refractivity contribution >= 4 is 45.0 Å². The number of ether oxygens (including phenoxy) is 1. The zero-order valence-corrected chi connectivity index (χ0v) is 14.2. The summed E-state index contributed by atoms with van der Waals surface area (Å²) in [5, 5.41) is 6.98. The topological polar surface area (TPSA) is 63.2 Å². The second kappa shape index (κ2) is 7.26. The molecular weight excluding hydrogens is 322 g/mol. The molecule has 7 heteroatoms. The van der Waals surface area contributed by atoms with Gasteiger partial charge < -0.3 is 15.4 Å².